The van der Waals surface area contributed by atoms with E-state index in [1.807, 2.05) is 12.3 Å². The highest BCUT2D eigenvalue weighted by Gasteiger charge is 2.27. The van der Waals surface area contributed by atoms with Crippen LogP contribution in [0.4, 0.5) is 0 Å². The maximum Gasteiger partial charge on any atom is 0.251 e. The van der Waals surface area contributed by atoms with Gasteiger partial charge in [-0.25, -0.2) is 0 Å². The third kappa shape index (κ3) is 5.58. The average molecular weight is 661 g/mol. The summed E-state index contributed by atoms with van der Waals surface area (Å²) in [5.74, 6) is 0.622. The van der Waals surface area contributed by atoms with Gasteiger partial charge in [-0.2, -0.15) is 0 Å². The Morgan fingerprint density at radius 3 is 2.78 bits per heavy atom. The average Bonchev–Trinajstić information content (AvgIpc) is 2.79. The highest BCUT2D eigenvalue weighted by Crippen LogP contribution is 2.18. The van der Waals surface area contributed by atoms with Crippen molar-refractivity contribution < 1.29 is 9.84 Å². The monoisotopic (exact) mass is 661 g/mol. The zero-order valence-electron chi connectivity index (χ0n) is 17.7. The number of β-amino-alcohol motifs (C(OH)–C–C–N with tert-alkyl or cyclic N) is 1. The lowest BCUT2D eigenvalue weighted by Crippen LogP contribution is -2.53. The van der Waals surface area contributed by atoms with Crippen LogP contribution in [-0.4, -0.2) is 63.4 Å². The van der Waals surface area contributed by atoms with Crippen molar-refractivity contribution in [1.82, 2.24) is 24.8 Å². The number of ether oxygens (including phenoxy) is 1. The van der Waals surface area contributed by atoms with E-state index < -0.39 is 6.10 Å². The Hall–Kier alpha value is -1.35. The van der Waals surface area contributed by atoms with Crippen molar-refractivity contribution in [2.75, 3.05) is 26.7 Å². The van der Waals surface area contributed by atoms with Gasteiger partial charge in [-0.3, -0.25) is 19.7 Å². The van der Waals surface area contributed by atoms with Gasteiger partial charge in [0.25, 0.3) is 5.56 Å². The van der Waals surface area contributed by atoms with Crippen molar-refractivity contribution >= 4 is 56.2 Å². The second-order valence-electron chi connectivity index (χ2n) is 7.84. The molecule has 0 aromatic carbocycles. The third-order valence-electron chi connectivity index (χ3n) is 5.77. The van der Waals surface area contributed by atoms with Crippen LogP contribution < -0.4 is 15.6 Å². The molecule has 1 fully saturated rings. The van der Waals surface area contributed by atoms with Crippen LogP contribution in [0.15, 0.2) is 41.5 Å². The molecule has 32 heavy (non-hydrogen) atoms. The second kappa shape index (κ2) is 10.7. The van der Waals surface area contributed by atoms with Gasteiger partial charge < -0.3 is 19.7 Å². The van der Waals surface area contributed by atoms with E-state index in [4.69, 9.17) is 4.74 Å². The minimum atomic E-state index is -0.474. The molecule has 4 rings (SSSR count). The maximum atomic E-state index is 12.5. The Balaban J connectivity index is 1.35. The number of methoxy groups -OCH3 is 1. The van der Waals surface area contributed by atoms with E-state index in [9.17, 15) is 9.90 Å². The first kappa shape index (κ1) is 23.8. The van der Waals surface area contributed by atoms with Crippen molar-refractivity contribution in [2.45, 2.75) is 31.7 Å². The van der Waals surface area contributed by atoms with Gasteiger partial charge in [0.1, 0.15) is 5.75 Å². The Morgan fingerprint density at radius 2 is 2.03 bits per heavy atom. The number of aliphatic hydroxyl groups excluding tert-OH is 1. The molecule has 1 aliphatic heterocycles. The summed E-state index contributed by atoms with van der Waals surface area (Å²) >= 11 is 4.58. The number of nitrogens with zero attached hydrogens (tertiary/aromatic N) is 4. The van der Waals surface area contributed by atoms with E-state index in [-0.39, 0.29) is 11.6 Å². The van der Waals surface area contributed by atoms with Gasteiger partial charge in [0.15, 0.2) is 0 Å². The lowest BCUT2D eigenvalue weighted by Gasteiger charge is -2.36. The molecule has 0 bridgehead atoms. The summed E-state index contributed by atoms with van der Waals surface area (Å²) in [5, 5.41) is 14.1. The molecule has 0 radical (unpaired) electrons. The highest BCUT2D eigenvalue weighted by molar-refractivity contribution is 14.1. The number of nitrogens with one attached hydrogen (secondary N) is 1. The first-order valence-electron chi connectivity index (χ1n) is 10.4. The predicted molar refractivity (Wildman–Crippen MR) is 140 cm³/mol. The molecule has 1 aliphatic rings. The number of halogens is 2. The van der Waals surface area contributed by atoms with E-state index in [0.717, 1.165) is 33.3 Å². The van der Waals surface area contributed by atoms with Crippen molar-refractivity contribution in [1.29, 1.82) is 0 Å². The number of fused-ring (bicyclic) bond motifs is 1. The summed E-state index contributed by atoms with van der Waals surface area (Å²) in [6.07, 6.45) is 3.89. The number of aliphatic hydroxyl groups is 1. The molecule has 1 unspecified atom stereocenters. The summed E-state index contributed by atoms with van der Waals surface area (Å²) in [5.41, 5.74) is 2.42. The Morgan fingerprint density at radius 1 is 1.19 bits per heavy atom. The maximum absolute atomic E-state index is 12.5. The Labute approximate surface area is 213 Å². The Bertz CT molecular complexity index is 1160. The first-order valence-corrected chi connectivity index (χ1v) is 12.6. The smallest absolute Gasteiger partial charge is 0.251 e. The predicted octanol–water partition coefficient (Wildman–Crippen LogP) is 2.23. The van der Waals surface area contributed by atoms with Crippen molar-refractivity contribution in [2.24, 2.45) is 0 Å². The van der Waals surface area contributed by atoms with E-state index >= 15 is 0 Å². The fourth-order valence-electron chi connectivity index (χ4n) is 3.96. The second-order valence-corrected chi connectivity index (χ2v) is 10.2. The molecule has 3 aromatic rings. The van der Waals surface area contributed by atoms with Gasteiger partial charge in [0.05, 0.1) is 36.1 Å². The minimum Gasteiger partial charge on any atom is -0.495 e. The van der Waals surface area contributed by atoms with Crippen molar-refractivity contribution in [3.63, 3.8) is 0 Å². The summed E-state index contributed by atoms with van der Waals surface area (Å²) in [6.45, 7) is 3.26. The molecular weight excluding hydrogens is 636 g/mol. The molecule has 0 saturated carbocycles. The first-order chi connectivity index (χ1) is 15.4. The minimum absolute atomic E-state index is 0.0266. The van der Waals surface area contributed by atoms with Crippen LogP contribution in [0.1, 0.15) is 12.1 Å². The quantitative estimate of drug-likeness (QED) is 0.376. The number of hydrogen-bond acceptors (Lipinski definition) is 7. The molecular formula is C22H25I2N5O3. The molecule has 2 N–H and O–H groups in total. The van der Waals surface area contributed by atoms with Crippen LogP contribution in [0.5, 0.6) is 5.75 Å². The van der Waals surface area contributed by atoms with Gasteiger partial charge in [0, 0.05) is 57.7 Å². The van der Waals surface area contributed by atoms with Crippen molar-refractivity contribution in [3.8, 4) is 5.75 Å². The van der Waals surface area contributed by atoms with Gasteiger partial charge in [-0.05, 0) is 70.3 Å². The summed E-state index contributed by atoms with van der Waals surface area (Å²) in [6, 6.07) is 7.22. The molecule has 2 atom stereocenters. The molecule has 0 spiro atoms. The lowest BCUT2D eigenvalue weighted by atomic mass is 10.0. The molecule has 170 valence electrons. The number of piperidine rings is 1. The molecule has 0 aliphatic carbocycles. The summed E-state index contributed by atoms with van der Waals surface area (Å²) < 4.78 is 9.32. The number of likely N-dealkylation sites (tertiary alicyclic amines) is 1. The zero-order chi connectivity index (χ0) is 22.7. The largest absolute Gasteiger partial charge is 0.495 e. The Kier molecular flexibility index (Phi) is 7.97. The number of aromatic nitrogens is 3. The molecule has 4 heterocycles. The van der Waals surface area contributed by atoms with E-state index in [1.165, 1.54) is 3.57 Å². The van der Waals surface area contributed by atoms with Crippen molar-refractivity contribution in [3.05, 3.63) is 59.8 Å². The highest BCUT2D eigenvalue weighted by atomic mass is 127. The molecule has 3 aromatic heterocycles. The number of hydrogen-bond donors (Lipinski definition) is 2. The van der Waals surface area contributed by atoms with Gasteiger partial charge in [0.2, 0.25) is 0 Å². The SMILES string of the molecule is COc1cnc2ccc(=O)n(CCN3CC[C@@H](NCc4cc(I)c(I)cn4)C(O)C3)c2c1. The van der Waals surface area contributed by atoms with Crippen LogP contribution in [0.2, 0.25) is 0 Å². The molecule has 0 amide bonds. The zero-order valence-corrected chi connectivity index (χ0v) is 22.0. The molecule has 1 saturated heterocycles. The van der Waals surface area contributed by atoms with Gasteiger partial charge in [-0.15, -0.1) is 0 Å². The lowest BCUT2D eigenvalue weighted by molar-refractivity contribution is 0.0384. The molecule has 8 nitrogen and oxygen atoms in total. The van der Waals surface area contributed by atoms with Crippen LogP contribution in [0.25, 0.3) is 11.0 Å². The van der Waals surface area contributed by atoms with Gasteiger partial charge >= 0.3 is 0 Å². The van der Waals surface area contributed by atoms with Crippen LogP contribution in [0, 0.1) is 7.14 Å². The molecule has 10 heteroatoms. The summed E-state index contributed by atoms with van der Waals surface area (Å²) in [4.78, 5) is 23.5. The van der Waals surface area contributed by atoms with Crippen LogP contribution in [-0.2, 0) is 13.1 Å². The topological polar surface area (TPSA) is 92.5 Å². The van der Waals surface area contributed by atoms with E-state index in [1.54, 1.807) is 30.0 Å². The van der Waals surface area contributed by atoms with Crippen LogP contribution in [0.3, 0.4) is 0 Å². The third-order valence-corrected chi connectivity index (χ3v) is 8.55. The van der Waals surface area contributed by atoms with Gasteiger partial charge in [-0.1, -0.05) is 0 Å². The van der Waals surface area contributed by atoms with E-state index in [2.05, 4.69) is 71.4 Å². The number of rotatable bonds is 7. The number of pyridine rings is 3. The fraction of sp³-hybridized carbons (Fsp3) is 0.409. The summed E-state index contributed by atoms with van der Waals surface area (Å²) in [7, 11) is 1.59. The standard InChI is InChI=1S/C22H25I2N5O3/c1-32-15-9-20-18(27-11-15)2-3-22(31)29(20)7-6-28-5-4-19(21(30)13-28)26-10-14-8-16(23)17(24)12-25-14/h2-3,8-9,11-12,19,21,26,30H,4-7,10,13H2,1H3/t19-,21?/m1/s1. The van der Waals surface area contributed by atoms with Crippen LogP contribution >= 0.6 is 45.2 Å². The normalized spacial score (nSPS) is 19.4. The fourth-order valence-corrected chi connectivity index (χ4v) is 4.75. The van der Waals surface area contributed by atoms with E-state index in [0.29, 0.717) is 31.9 Å².